The van der Waals surface area contributed by atoms with Crippen molar-refractivity contribution in [2.24, 2.45) is 5.92 Å². The van der Waals surface area contributed by atoms with Crippen LogP contribution in [0.3, 0.4) is 0 Å². The van der Waals surface area contributed by atoms with Crippen molar-refractivity contribution in [3.05, 3.63) is 0 Å². The van der Waals surface area contributed by atoms with Gasteiger partial charge in [0.2, 0.25) is 5.91 Å². The molecule has 0 bridgehead atoms. The Morgan fingerprint density at radius 1 is 1.56 bits per heavy atom. The molecule has 3 unspecified atom stereocenters. The van der Waals surface area contributed by atoms with Gasteiger partial charge in [-0.25, -0.2) is 8.42 Å². The minimum atomic E-state index is -2.92. The van der Waals surface area contributed by atoms with Gasteiger partial charge in [0.05, 0.1) is 18.1 Å². The summed E-state index contributed by atoms with van der Waals surface area (Å²) in [6.07, 6.45) is 2.72. The maximum Gasteiger partial charge on any atom is 0.220 e. The van der Waals surface area contributed by atoms with Crippen LogP contribution >= 0.6 is 11.8 Å². The average Bonchev–Trinajstić information content (AvgIpc) is 2.59. The normalized spacial score (nSPS) is 25.6. The summed E-state index contributed by atoms with van der Waals surface area (Å²) in [5, 5.41) is 11.9. The third-order valence-corrected chi connectivity index (χ3v) is 6.23. The van der Waals surface area contributed by atoms with Crippen LogP contribution in [0.4, 0.5) is 0 Å². The van der Waals surface area contributed by atoms with E-state index in [1.807, 2.05) is 13.2 Å². The Bertz CT molecular complexity index is 379. The standard InChI is InChI=1S/C11H21NO4S2/c1-8(10(6-13)17-2)12-11(14)5-9-3-4-18(15,16)7-9/h8-10,13H,3-7H2,1-2H3,(H,12,14). The highest BCUT2D eigenvalue weighted by molar-refractivity contribution is 7.99. The molecule has 1 aliphatic rings. The lowest BCUT2D eigenvalue weighted by atomic mass is 10.0. The van der Waals surface area contributed by atoms with Crippen LogP contribution in [0.25, 0.3) is 0 Å². The molecule has 1 aliphatic heterocycles. The van der Waals surface area contributed by atoms with Gasteiger partial charge in [-0.1, -0.05) is 0 Å². The first-order valence-electron chi connectivity index (χ1n) is 6.01. The Morgan fingerprint density at radius 2 is 2.22 bits per heavy atom. The quantitative estimate of drug-likeness (QED) is 0.723. The van der Waals surface area contributed by atoms with Crippen LogP contribution in [0.1, 0.15) is 19.8 Å². The lowest BCUT2D eigenvalue weighted by molar-refractivity contribution is -0.122. The van der Waals surface area contributed by atoms with Crippen LogP contribution in [0.2, 0.25) is 0 Å². The topological polar surface area (TPSA) is 83.5 Å². The molecule has 1 heterocycles. The molecule has 106 valence electrons. The fraction of sp³-hybridized carbons (Fsp3) is 0.909. The number of thioether (sulfide) groups is 1. The number of carbonyl (C=O) groups excluding carboxylic acids is 1. The Hall–Kier alpha value is -0.270. The maximum atomic E-state index is 11.8. The van der Waals surface area contributed by atoms with Gasteiger partial charge in [0, 0.05) is 17.7 Å². The fourth-order valence-electron chi connectivity index (χ4n) is 2.14. The Kier molecular flexibility index (Phi) is 5.94. The minimum absolute atomic E-state index is 0.0143. The summed E-state index contributed by atoms with van der Waals surface area (Å²) in [5.41, 5.74) is 0. The Morgan fingerprint density at radius 3 is 2.67 bits per heavy atom. The molecule has 1 rings (SSSR count). The Balaban J connectivity index is 2.38. The van der Waals surface area contributed by atoms with Gasteiger partial charge in [-0.2, -0.15) is 11.8 Å². The van der Waals surface area contributed by atoms with Gasteiger partial charge in [-0.05, 0) is 25.5 Å². The molecule has 18 heavy (non-hydrogen) atoms. The van der Waals surface area contributed by atoms with Gasteiger partial charge in [-0.3, -0.25) is 4.79 Å². The second-order valence-corrected chi connectivity index (χ2v) is 8.09. The maximum absolute atomic E-state index is 11.8. The Labute approximate surface area is 113 Å². The van der Waals surface area contributed by atoms with Crippen LogP contribution in [-0.2, 0) is 14.6 Å². The molecule has 0 spiro atoms. The van der Waals surface area contributed by atoms with Crippen LogP contribution in [0, 0.1) is 5.92 Å². The number of nitrogens with one attached hydrogen (secondary N) is 1. The highest BCUT2D eigenvalue weighted by Gasteiger charge is 2.30. The van der Waals surface area contributed by atoms with Gasteiger partial charge in [-0.15, -0.1) is 0 Å². The lowest BCUT2D eigenvalue weighted by Gasteiger charge is -2.21. The van der Waals surface area contributed by atoms with Crippen LogP contribution < -0.4 is 5.32 Å². The summed E-state index contributed by atoms with van der Waals surface area (Å²) in [6.45, 7) is 1.86. The number of sulfone groups is 1. The van der Waals surface area contributed by atoms with Gasteiger partial charge >= 0.3 is 0 Å². The lowest BCUT2D eigenvalue weighted by Crippen LogP contribution is -2.41. The largest absolute Gasteiger partial charge is 0.395 e. The first kappa shape index (κ1) is 15.8. The van der Waals surface area contributed by atoms with Crippen LogP contribution in [-0.4, -0.2) is 55.1 Å². The molecule has 0 aromatic rings. The van der Waals surface area contributed by atoms with Gasteiger partial charge in [0.1, 0.15) is 0 Å². The monoisotopic (exact) mass is 295 g/mol. The zero-order valence-corrected chi connectivity index (χ0v) is 12.4. The van der Waals surface area contributed by atoms with Gasteiger partial charge < -0.3 is 10.4 Å². The van der Waals surface area contributed by atoms with E-state index in [-0.39, 0.29) is 47.7 Å². The van der Waals surface area contributed by atoms with Gasteiger partial charge in [0.25, 0.3) is 0 Å². The first-order chi connectivity index (χ1) is 8.38. The van der Waals surface area contributed by atoms with Crippen molar-refractivity contribution in [3.63, 3.8) is 0 Å². The minimum Gasteiger partial charge on any atom is -0.395 e. The SMILES string of the molecule is CSC(CO)C(C)NC(=O)CC1CCS(=O)(=O)C1. The van der Waals surface area contributed by atoms with Gasteiger partial charge in [0.15, 0.2) is 9.84 Å². The molecule has 2 N–H and O–H groups in total. The van der Waals surface area contributed by atoms with Crippen molar-refractivity contribution in [1.29, 1.82) is 0 Å². The second kappa shape index (κ2) is 6.77. The average molecular weight is 295 g/mol. The van der Waals surface area contributed by atoms with Crippen molar-refractivity contribution in [1.82, 2.24) is 5.32 Å². The van der Waals surface area contributed by atoms with Crippen molar-refractivity contribution < 1.29 is 18.3 Å². The molecule has 0 radical (unpaired) electrons. The molecule has 5 nitrogen and oxygen atoms in total. The summed E-state index contributed by atoms with van der Waals surface area (Å²) in [6, 6.07) is -0.115. The summed E-state index contributed by atoms with van der Waals surface area (Å²) in [5.74, 6) is 0.145. The summed E-state index contributed by atoms with van der Waals surface area (Å²) in [7, 11) is -2.92. The van der Waals surface area contributed by atoms with E-state index >= 15 is 0 Å². The molecule has 1 amide bonds. The van der Waals surface area contributed by atoms with Crippen LogP contribution in [0.5, 0.6) is 0 Å². The predicted octanol–water partition coefficient (Wildman–Crippen LogP) is 0.0398. The first-order valence-corrected chi connectivity index (χ1v) is 9.12. The number of rotatable bonds is 6. The summed E-state index contributed by atoms with van der Waals surface area (Å²) >= 11 is 1.50. The van der Waals surface area contributed by atoms with E-state index in [2.05, 4.69) is 5.32 Å². The van der Waals surface area contributed by atoms with E-state index in [0.717, 1.165) is 0 Å². The molecule has 0 aromatic carbocycles. The molecule has 0 aliphatic carbocycles. The van der Waals surface area contributed by atoms with Crippen molar-refractivity contribution >= 4 is 27.5 Å². The molecule has 1 saturated heterocycles. The number of hydrogen-bond acceptors (Lipinski definition) is 5. The van der Waals surface area contributed by atoms with E-state index in [0.29, 0.717) is 6.42 Å². The number of carbonyl (C=O) groups is 1. The molecule has 7 heteroatoms. The van der Waals surface area contributed by atoms with E-state index in [1.165, 1.54) is 11.8 Å². The highest BCUT2D eigenvalue weighted by atomic mass is 32.2. The number of aliphatic hydroxyl groups excluding tert-OH is 1. The second-order valence-electron chi connectivity index (χ2n) is 4.79. The summed E-state index contributed by atoms with van der Waals surface area (Å²) in [4.78, 5) is 11.8. The molecular weight excluding hydrogens is 274 g/mol. The summed E-state index contributed by atoms with van der Waals surface area (Å²) < 4.78 is 22.6. The van der Waals surface area contributed by atoms with Crippen LogP contribution in [0.15, 0.2) is 0 Å². The van der Waals surface area contributed by atoms with E-state index < -0.39 is 9.84 Å². The molecule has 3 atom stereocenters. The third-order valence-electron chi connectivity index (χ3n) is 3.23. The number of aliphatic hydroxyl groups is 1. The number of hydrogen-bond donors (Lipinski definition) is 2. The van der Waals surface area contributed by atoms with Crippen molar-refractivity contribution in [3.8, 4) is 0 Å². The third kappa shape index (κ3) is 4.78. The fourth-order valence-corrected chi connectivity index (χ4v) is 4.62. The zero-order valence-electron chi connectivity index (χ0n) is 10.8. The van der Waals surface area contributed by atoms with E-state index in [9.17, 15) is 13.2 Å². The zero-order chi connectivity index (χ0) is 13.8. The predicted molar refractivity (Wildman–Crippen MR) is 73.4 cm³/mol. The van der Waals surface area contributed by atoms with Crippen molar-refractivity contribution in [2.75, 3.05) is 24.4 Å². The molecule has 0 aromatic heterocycles. The van der Waals surface area contributed by atoms with E-state index in [4.69, 9.17) is 5.11 Å². The number of amides is 1. The highest BCUT2D eigenvalue weighted by Crippen LogP contribution is 2.21. The molecular formula is C11H21NO4S2. The van der Waals surface area contributed by atoms with E-state index in [1.54, 1.807) is 0 Å². The smallest absolute Gasteiger partial charge is 0.220 e. The van der Waals surface area contributed by atoms with Crippen molar-refractivity contribution in [2.45, 2.75) is 31.1 Å². The molecule has 1 fully saturated rings. The molecule has 0 saturated carbocycles.